The van der Waals surface area contributed by atoms with Crippen LogP contribution in [0.25, 0.3) is 10.8 Å². The number of para-hydroxylation sites is 1. The van der Waals surface area contributed by atoms with Crippen LogP contribution >= 0.6 is 0 Å². The Morgan fingerprint density at radius 2 is 1.50 bits per heavy atom. The summed E-state index contributed by atoms with van der Waals surface area (Å²) in [6, 6.07) is 22.4. The number of nitrogens with zero attached hydrogens (tertiary/aromatic N) is 2. The molecule has 0 radical (unpaired) electrons. The molecule has 2 nitrogen and oxygen atoms in total. The Labute approximate surface area is 252 Å². The van der Waals surface area contributed by atoms with Gasteiger partial charge in [-0.2, -0.15) is 4.58 Å². The first-order chi connectivity index (χ1) is 20.5. The molecule has 2 heteroatoms. The van der Waals surface area contributed by atoms with E-state index in [-0.39, 0.29) is 10.8 Å². The first kappa shape index (κ1) is 28.2. The van der Waals surface area contributed by atoms with Gasteiger partial charge in [0.15, 0.2) is 5.71 Å². The Balaban J connectivity index is 1.16. The summed E-state index contributed by atoms with van der Waals surface area (Å²) in [5, 5.41) is 2.70. The second-order valence-corrected chi connectivity index (χ2v) is 12.5. The van der Waals surface area contributed by atoms with E-state index in [9.17, 15) is 0 Å². The number of fused-ring (bicyclic) bond motifs is 5. The minimum absolute atomic E-state index is 0.00112. The largest absolute Gasteiger partial charge is 0.347 e. The number of hydrogen-bond donors (Lipinski definition) is 0. The fourth-order valence-corrected chi connectivity index (χ4v) is 8.12. The van der Waals surface area contributed by atoms with E-state index in [0.717, 1.165) is 12.8 Å². The average molecular weight is 554 g/mol. The molecular weight excluding hydrogens is 508 g/mol. The van der Waals surface area contributed by atoms with Gasteiger partial charge in [0, 0.05) is 41.6 Å². The molecule has 1 unspecified atom stereocenters. The van der Waals surface area contributed by atoms with Gasteiger partial charge >= 0.3 is 0 Å². The molecule has 0 amide bonds. The quantitative estimate of drug-likeness (QED) is 0.208. The van der Waals surface area contributed by atoms with Gasteiger partial charge in [-0.15, -0.1) is 0 Å². The van der Waals surface area contributed by atoms with Crippen molar-refractivity contribution in [2.45, 2.75) is 69.6 Å². The van der Waals surface area contributed by atoms with E-state index >= 15 is 0 Å². The van der Waals surface area contributed by atoms with Gasteiger partial charge in [-0.05, 0) is 54.7 Å². The summed E-state index contributed by atoms with van der Waals surface area (Å²) < 4.78 is 2.42. The van der Waals surface area contributed by atoms with Gasteiger partial charge in [-0.25, -0.2) is 0 Å². The number of anilines is 1. The number of benzene rings is 3. The van der Waals surface area contributed by atoms with E-state index in [2.05, 4.69) is 153 Å². The molecule has 3 aromatic rings. The maximum absolute atomic E-state index is 2.42. The highest BCUT2D eigenvalue weighted by atomic mass is 15.2. The topological polar surface area (TPSA) is 6.25 Å². The molecule has 2 heterocycles. The molecule has 1 atom stereocenters. The highest BCUT2D eigenvalue weighted by Gasteiger charge is 2.50. The van der Waals surface area contributed by atoms with Crippen molar-refractivity contribution in [2.24, 2.45) is 0 Å². The van der Waals surface area contributed by atoms with Crippen molar-refractivity contribution in [1.82, 2.24) is 0 Å². The molecular formula is C40H45N2+. The highest BCUT2D eigenvalue weighted by Crippen LogP contribution is 2.52. The third kappa shape index (κ3) is 4.71. The molecule has 1 saturated carbocycles. The van der Waals surface area contributed by atoms with E-state index in [1.54, 1.807) is 0 Å². The maximum atomic E-state index is 2.42. The molecule has 6 rings (SSSR count). The molecule has 0 N–H and O–H groups in total. The van der Waals surface area contributed by atoms with Crippen molar-refractivity contribution in [1.29, 1.82) is 0 Å². The fraction of sp³-hybridized carbons (Fsp3) is 0.325. The second-order valence-electron chi connectivity index (χ2n) is 12.5. The van der Waals surface area contributed by atoms with Gasteiger partial charge in [-0.1, -0.05) is 124 Å². The van der Waals surface area contributed by atoms with Crippen LogP contribution < -0.4 is 4.90 Å². The molecule has 1 aliphatic carbocycles. The Kier molecular flexibility index (Phi) is 7.90. The third-order valence-corrected chi connectivity index (χ3v) is 10.0. The molecule has 1 spiro atoms. The van der Waals surface area contributed by atoms with Crippen LogP contribution in [0.2, 0.25) is 0 Å². The van der Waals surface area contributed by atoms with Crippen molar-refractivity contribution >= 4 is 27.9 Å². The van der Waals surface area contributed by atoms with Crippen LogP contribution in [-0.4, -0.2) is 24.4 Å². The standard InChI is InChI=1S/C40H45N2/c1-5-28-39(2)36(42(4)35-27-26-31-20-14-15-21-32(31)38(35)39)24-12-9-7-6-8-10-13-25-37-40(29-18-11-19-30-40)33-22-16-17-23-34(33)41(37)3/h6-10,12-17,20-27H,5,11,18-19,28-30H2,1-4H3/q+1. The van der Waals surface area contributed by atoms with Crippen LogP contribution in [0, 0.1) is 0 Å². The number of hydrogen-bond acceptors (Lipinski definition) is 1. The van der Waals surface area contributed by atoms with Crippen molar-refractivity contribution in [3.63, 3.8) is 0 Å². The third-order valence-electron chi connectivity index (χ3n) is 10.0. The molecule has 3 aromatic carbocycles. The predicted molar refractivity (Wildman–Crippen MR) is 181 cm³/mol. The zero-order valence-electron chi connectivity index (χ0n) is 25.8. The summed E-state index contributed by atoms with van der Waals surface area (Å²) in [6.07, 6.45) is 28.5. The van der Waals surface area contributed by atoms with E-state index < -0.39 is 0 Å². The minimum atomic E-state index is -0.00112. The monoisotopic (exact) mass is 553 g/mol. The summed E-state index contributed by atoms with van der Waals surface area (Å²) in [7, 11) is 4.45. The fourth-order valence-electron chi connectivity index (χ4n) is 8.12. The molecule has 214 valence electrons. The Bertz CT molecular complexity index is 1650. The lowest BCUT2D eigenvalue weighted by molar-refractivity contribution is -0.401. The minimum Gasteiger partial charge on any atom is -0.347 e. The normalized spacial score (nSPS) is 22.8. The Morgan fingerprint density at radius 1 is 0.810 bits per heavy atom. The first-order valence-electron chi connectivity index (χ1n) is 15.9. The number of likely N-dealkylation sites (N-methyl/N-ethyl adjacent to an activating group) is 1. The Hall–Kier alpha value is -3.91. The van der Waals surface area contributed by atoms with E-state index in [4.69, 9.17) is 0 Å². The molecule has 0 aromatic heterocycles. The molecule has 2 aliphatic heterocycles. The van der Waals surface area contributed by atoms with Crippen molar-refractivity contribution in [3.8, 4) is 0 Å². The molecule has 42 heavy (non-hydrogen) atoms. The summed E-state index contributed by atoms with van der Waals surface area (Å²) in [5.41, 5.74) is 8.71. The van der Waals surface area contributed by atoms with Crippen LogP contribution in [0.1, 0.15) is 69.9 Å². The van der Waals surface area contributed by atoms with Crippen LogP contribution in [0.3, 0.4) is 0 Å². The first-order valence-corrected chi connectivity index (χ1v) is 15.9. The summed E-state index contributed by atoms with van der Waals surface area (Å²) in [5.74, 6) is 0. The van der Waals surface area contributed by atoms with Crippen LogP contribution in [0.15, 0.2) is 121 Å². The Morgan fingerprint density at radius 3 is 2.29 bits per heavy atom. The highest BCUT2D eigenvalue weighted by molar-refractivity contribution is 6.04. The van der Waals surface area contributed by atoms with E-state index in [1.807, 2.05) is 0 Å². The average Bonchev–Trinajstić information content (AvgIpc) is 3.37. The lowest BCUT2D eigenvalue weighted by Gasteiger charge is -2.31. The van der Waals surface area contributed by atoms with Gasteiger partial charge in [0.2, 0.25) is 5.69 Å². The molecule has 3 aliphatic rings. The van der Waals surface area contributed by atoms with Gasteiger partial charge in [0.25, 0.3) is 0 Å². The molecule has 0 bridgehead atoms. The molecule has 1 fully saturated rings. The maximum Gasteiger partial charge on any atom is 0.209 e. The SMILES string of the molecule is CCCC1(C)\C(=C/C=C/C=C/C=C/C=C/C2=[N+](C)c3ccccc3C23CCCCC3)N(C)c2ccc3ccccc3c21. The van der Waals surface area contributed by atoms with Gasteiger partial charge in [0.1, 0.15) is 7.05 Å². The van der Waals surface area contributed by atoms with Crippen LogP contribution in [0.5, 0.6) is 0 Å². The van der Waals surface area contributed by atoms with Crippen LogP contribution in [-0.2, 0) is 10.8 Å². The van der Waals surface area contributed by atoms with Crippen molar-refractivity contribution < 1.29 is 4.58 Å². The smallest absolute Gasteiger partial charge is 0.209 e. The zero-order valence-corrected chi connectivity index (χ0v) is 25.8. The van der Waals surface area contributed by atoms with Crippen molar-refractivity contribution in [3.05, 3.63) is 132 Å². The lowest BCUT2D eigenvalue weighted by atomic mass is 9.67. The summed E-state index contributed by atoms with van der Waals surface area (Å²) in [6.45, 7) is 4.72. The van der Waals surface area contributed by atoms with Crippen LogP contribution in [0.4, 0.5) is 11.4 Å². The number of allylic oxidation sites excluding steroid dienone is 10. The van der Waals surface area contributed by atoms with E-state index in [1.165, 1.54) is 76.8 Å². The van der Waals surface area contributed by atoms with E-state index in [0.29, 0.717) is 0 Å². The van der Waals surface area contributed by atoms with Gasteiger partial charge < -0.3 is 4.90 Å². The summed E-state index contributed by atoms with van der Waals surface area (Å²) in [4.78, 5) is 2.39. The molecule has 0 saturated heterocycles. The van der Waals surface area contributed by atoms with Gasteiger partial charge in [-0.3, -0.25) is 0 Å². The second kappa shape index (κ2) is 11.8. The predicted octanol–water partition coefficient (Wildman–Crippen LogP) is 10.1. The zero-order chi connectivity index (χ0) is 29.2. The van der Waals surface area contributed by atoms with Crippen molar-refractivity contribution in [2.75, 3.05) is 19.0 Å². The number of rotatable bonds is 7. The summed E-state index contributed by atoms with van der Waals surface area (Å²) >= 11 is 0. The lowest BCUT2D eigenvalue weighted by Crippen LogP contribution is -2.36. The van der Waals surface area contributed by atoms with Gasteiger partial charge in [0.05, 0.1) is 5.41 Å².